The molecule has 6 heteroatoms. The Hall–Kier alpha value is -3.93. The van der Waals surface area contributed by atoms with Gasteiger partial charge in [-0.15, -0.1) is 0 Å². The summed E-state index contributed by atoms with van der Waals surface area (Å²) in [5.74, 6) is 1.22. The van der Waals surface area contributed by atoms with Gasteiger partial charge in [-0.05, 0) is 48.4 Å². The largest absolute Gasteiger partial charge is 0.497 e. The molecule has 1 N–H and O–H groups in total. The highest BCUT2D eigenvalue weighted by atomic mass is 16.5. The summed E-state index contributed by atoms with van der Waals surface area (Å²) in [7, 11) is 1.62. The van der Waals surface area contributed by atoms with Crippen molar-refractivity contribution in [1.29, 1.82) is 0 Å². The number of rotatable bonds is 5. The summed E-state index contributed by atoms with van der Waals surface area (Å²) in [6.07, 6.45) is 8.81. The van der Waals surface area contributed by atoms with Crippen LogP contribution in [0.2, 0.25) is 0 Å². The number of amides is 1. The molecule has 0 saturated carbocycles. The Balaban J connectivity index is 1.52. The summed E-state index contributed by atoms with van der Waals surface area (Å²) < 4.78 is 7.01. The van der Waals surface area contributed by atoms with E-state index < -0.39 is 0 Å². The van der Waals surface area contributed by atoms with Crippen LogP contribution < -0.4 is 10.1 Å². The minimum atomic E-state index is -0.197. The molecule has 29 heavy (non-hydrogen) atoms. The highest BCUT2D eigenvalue weighted by Gasteiger charge is 2.08. The maximum Gasteiger partial charge on any atom is 0.248 e. The van der Waals surface area contributed by atoms with Crippen LogP contribution in [0, 0.1) is 6.92 Å². The second kappa shape index (κ2) is 7.98. The van der Waals surface area contributed by atoms with Crippen LogP contribution in [0.3, 0.4) is 0 Å². The number of aromatic nitrogens is 3. The second-order valence-corrected chi connectivity index (χ2v) is 6.58. The van der Waals surface area contributed by atoms with Crippen molar-refractivity contribution in [3.05, 3.63) is 84.3 Å². The normalized spacial score (nSPS) is 11.1. The Bertz CT molecular complexity index is 1160. The fourth-order valence-corrected chi connectivity index (χ4v) is 2.95. The summed E-state index contributed by atoms with van der Waals surface area (Å²) in [5.41, 5.74) is 4.35. The van der Waals surface area contributed by atoms with Crippen molar-refractivity contribution in [2.45, 2.75) is 6.92 Å². The first-order valence-electron chi connectivity index (χ1n) is 9.16. The minimum absolute atomic E-state index is 0.197. The lowest BCUT2D eigenvalue weighted by atomic mass is 10.1. The number of ether oxygens (including phenoxy) is 1. The van der Waals surface area contributed by atoms with Crippen LogP contribution in [0.5, 0.6) is 5.75 Å². The van der Waals surface area contributed by atoms with Gasteiger partial charge in [0, 0.05) is 35.9 Å². The van der Waals surface area contributed by atoms with Gasteiger partial charge in [-0.2, -0.15) is 0 Å². The number of benzene rings is 2. The lowest BCUT2D eigenvalue weighted by Crippen LogP contribution is -2.09. The van der Waals surface area contributed by atoms with Crippen LogP contribution in [0.4, 0.5) is 5.69 Å². The standard InChI is InChI=1S/C23H20N4O2/c1-16-4-8-18(21-15-27-13-3-12-24-23(27)26-21)14-20(16)25-22(28)11-7-17-5-9-19(29-2)10-6-17/h3-15H,1-2H3,(H,25,28)/b11-7+. The predicted octanol–water partition coefficient (Wildman–Crippen LogP) is 4.37. The third-order valence-corrected chi connectivity index (χ3v) is 4.57. The first-order valence-corrected chi connectivity index (χ1v) is 9.16. The van der Waals surface area contributed by atoms with E-state index in [0.29, 0.717) is 5.78 Å². The second-order valence-electron chi connectivity index (χ2n) is 6.58. The number of carbonyl (C=O) groups excluding carboxylic acids is 1. The smallest absolute Gasteiger partial charge is 0.248 e. The number of anilines is 1. The zero-order valence-corrected chi connectivity index (χ0v) is 16.2. The van der Waals surface area contributed by atoms with E-state index in [2.05, 4.69) is 15.3 Å². The van der Waals surface area contributed by atoms with Gasteiger partial charge in [-0.3, -0.25) is 9.20 Å². The topological polar surface area (TPSA) is 68.5 Å². The van der Waals surface area contributed by atoms with Crippen LogP contribution in [0.15, 0.2) is 73.2 Å². The maximum absolute atomic E-state index is 12.4. The number of imidazole rings is 1. The molecule has 0 aliphatic carbocycles. The van der Waals surface area contributed by atoms with Gasteiger partial charge in [-0.25, -0.2) is 9.97 Å². The summed E-state index contributed by atoms with van der Waals surface area (Å²) in [6, 6.07) is 15.2. The molecule has 2 aromatic heterocycles. The molecule has 0 aliphatic heterocycles. The lowest BCUT2D eigenvalue weighted by Gasteiger charge is -2.08. The van der Waals surface area contributed by atoms with Crippen LogP contribution in [-0.2, 0) is 4.79 Å². The number of methoxy groups -OCH3 is 1. The van der Waals surface area contributed by atoms with E-state index in [1.165, 1.54) is 6.08 Å². The molecule has 0 atom stereocenters. The van der Waals surface area contributed by atoms with Gasteiger partial charge in [0.05, 0.1) is 12.8 Å². The Kier molecular flexibility index (Phi) is 5.07. The molecule has 0 spiro atoms. The quantitative estimate of drug-likeness (QED) is 0.519. The summed E-state index contributed by atoms with van der Waals surface area (Å²) in [5, 5.41) is 2.95. The number of hydrogen-bond donors (Lipinski definition) is 1. The Morgan fingerprint density at radius 1 is 1.17 bits per heavy atom. The molecule has 0 bridgehead atoms. The predicted molar refractivity (Wildman–Crippen MR) is 114 cm³/mol. The van der Waals surface area contributed by atoms with Crippen LogP contribution in [0.25, 0.3) is 23.1 Å². The molecular weight excluding hydrogens is 364 g/mol. The fourth-order valence-electron chi connectivity index (χ4n) is 2.95. The fraction of sp³-hybridized carbons (Fsp3) is 0.0870. The van der Waals surface area contributed by atoms with Crippen molar-refractivity contribution < 1.29 is 9.53 Å². The minimum Gasteiger partial charge on any atom is -0.497 e. The average molecular weight is 384 g/mol. The van der Waals surface area contributed by atoms with E-state index in [-0.39, 0.29) is 5.91 Å². The molecule has 0 radical (unpaired) electrons. The molecule has 0 aliphatic rings. The van der Waals surface area contributed by atoms with Crippen molar-refractivity contribution in [3.63, 3.8) is 0 Å². The van der Waals surface area contributed by atoms with Crippen molar-refractivity contribution in [3.8, 4) is 17.0 Å². The Morgan fingerprint density at radius 3 is 2.76 bits per heavy atom. The molecule has 4 rings (SSSR count). The highest BCUT2D eigenvalue weighted by molar-refractivity contribution is 6.02. The Morgan fingerprint density at radius 2 is 2.00 bits per heavy atom. The zero-order valence-electron chi connectivity index (χ0n) is 16.2. The average Bonchev–Trinajstić information content (AvgIpc) is 3.18. The molecule has 1 amide bonds. The maximum atomic E-state index is 12.4. The molecule has 0 unspecified atom stereocenters. The molecule has 144 valence electrons. The van der Waals surface area contributed by atoms with Crippen molar-refractivity contribution in [1.82, 2.24) is 14.4 Å². The lowest BCUT2D eigenvalue weighted by molar-refractivity contribution is -0.111. The van der Waals surface area contributed by atoms with Crippen molar-refractivity contribution >= 4 is 23.4 Å². The van der Waals surface area contributed by atoms with Gasteiger partial charge in [-0.1, -0.05) is 24.3 Å². The van der Waals surface area contributed by atoms with E-state index in [0.717, 1.165) is 33.8 Å². The van der Waals surface area contributed by atoms with E-state index in [1.54, 1.807) is 19.4 Å². The van der Waals surface area contributed by atoms with E-state index >= 15 is 0 Å². The molecular formula is C23H20N4O2. The van der Waals surface area contributed by atoms with Gasteiger partial charge in [0.15, 0.2) is 0 Å². The molecule has 6 nitrogen and oxygen atoms in total. The van der Waals surface area contributed by atoms with Gasteiger partial charge in [0.2, 0.25) is 11.7 Å². The third kappa shape index (κ3) is 4.16. The SMILES string of the molecule is COc1ccc(/C=C/C(=O)Nc2cc(-c3cn4cccnc4n3)ccc2C)cc1. The number of carbonyl (C=O) groups is 1. The van der Waals surface area contributed by atoms with Gasteiger partial charge in [0.25, 0.3) is 0 Å². The van der Waals surface area contributed by atoms with E-state index in [4.69, 9.17) is 4.74 Å². The van der Waals surface area contributed by atoms with E-state index in [1.807, 2.05) is 72.2 Å². The number of nitrogens with zero attached hydrogens (tertiary/aromatic N) is 3. The summed E-state index contributed by atoms with van der Waals surface area (Å²) in [4.78, 5) is 21.2. The number of aryl methyl sites for hydroxylation is 1. The van der Waals surface area contributed by atoms with E-state index in [9.17, 15) is 4.79 Å². The first-order chi connectivity index (χ1) is 14.1. The molecule has 0 fully saturated rings. The zero-order chi connectivity index (χ0) is 20.2. The monoisotopic (exact) mass is 384 g/mol. The molecule has 2 aromatic carbocycles. The third-order valence-electron chi connectivity index (χ3n) is 4.57. The van der Waals surface area contributed by atoms with Gasteiger partial charge in [0.1, 0.15) is 5.75 Å². The van der Waals surface area contributed by atoms with Crippen LogP contribution in [-0.4, -0.2) is 27.4 Å². The Labute approximate surface area is 168 Å². The number of hydrogen-bond acceptors (Lipinski definition) is 4. The molecule has 2 heterocycles. The van der Waals surface area contributed by atoms with Gasteiger partial charge >= 0.3 is 0 Å². The number of fused-ring (bicyclic) bond motifs is 1. The first kappa shape index (κ1) is 18.4. The van der Waals surface area contributed by atoms with Crippen LogP contribution >= 0.6 is 0 Å². The number of nitrogens with one attached hydrogen (secondary N) is 1. The van der Waals surface area contributed by atoms with Crippen LogP contribution in [0.1, 0.15) is 11.1 Å². The summed E-state index contributed by atoms with van der Waals surface area (Å²) in [6.45, 7) is 1.96. The van der Waals surface area contributed by atoms with Crippen molar-refractivity contribution in [2.75, 3.05) is 12.4 Å². The molecule has 0 saturated heterocycles. The van der Waals surface area contributed by atoms with Crippen molar-refractivity contribution in [2.24, 2.45) is 0 Å². The summed E-state index contributed by atoms with van der Waals surface area (Å²) >= 11 is 0. The van der Waals surface area contributed by atoms with Gasteiger partial charge < -0.3 is 10.1 Å². The molecule has 4 aromatic rings. The highest BCUT2D eigenvalue weighted by Crippen LogP contribution is 2.25.